The monoisotopic (exact) mass is 170 g/mol. The number of hydrogen-bond donors (Lipinski definition) is 1. The minimum Gasteiger partial charge on any atom is -0.358 e. The predicted molar refractivity (Wildman–Crippen MR) is 47.0 cm³/mol. The van der Waals surface area contributed by atoms with E-state index in [1.54, 1.807) is 7.05 Å². The van der Waals surface area contributed by atoms with Crippen LogP contribution in [0.2, 0.25) is 0 Å². The average molecular weight is 170 g/mol. The van der Waals surface area contributed by atoms with Crippen LogP contribution in [0.3, 0.4) is 0 Å². The fourth-order valence-corrected chi connectivity index (χ4v) is 1.28. The van der Waals surface area contributed by atoms with Crippen molar-refractivity contribution in [1.82, 2.24) is 15.5 Å². The molecule has 12 heavy (non-hydrogen) atoms. The molecule has 0 atom stereocenters. The summed E-state index contributed by atoms with van der Waals surface area (Å²) in [6, 6.07) is 0. The second-order valence-corrected chi connectivity index (χ2v) is 2.97. The molecule has 1 heterocycles. The molecule has 0 aromatic rings. The first-order valence-electron chi connectivity index (χ1n) is 4.39. The molecule has 1 amide bonds. The smallest absolute Gasteiger partial charge is 0.233 e. The summed E-state index contributed by atoms with van der Waals surface area (Å²) in [5.74, 6) is 0.0944. The molecule has 1 aliphatic rings. The Morgan fingerprint density at radius 1 is 1.50 bits per heavy atom. The van der Waals surface area contributed by atoms with Gasteiger partial charge in [-0.15, -0.1) is 0 Å². The van der Waals surface area contributed by atoms with Gasteiger partial charge < -0.3 is 5.32 Å². The van der Waals surface area contributed by atoms with E-state index >= 15 is 0 Å². The maximum atomic E-state index is 11.0. The summed E-state index contributed by atoms with van der Waals surface area (Å²) in [6.07, 6.45) is 1.08. The molecule has 1 rings (SSSR count). The normalized spacial score (nSPS) is 20.1. The summed E-state index contributed by atoms with van der Waals surface area (Å²) in [7, 11) is 1.67. The van der Waals surface area contributed by atoms with E-state index in [9.17, 15) is 4.79 Å². The standard InChI is InChI=1S/C8H16N3O/c1-9-8(12)7-11-5-2-3-10-4-6-11/h2-7H2,1H3,(H,9,12). The molecule has 0 aliphatic carbocycles. The molecule has 0 unspecified atom stereocenters. The van der Waals surface area contributed by atoms with Gasteiger partial charge in [0.05, 0.1) is 6.54 Å². The van der Waals surface area contributed by atoms with Crippen molar-refractivity contribution in [3.05, 3.63) is 0 Å². The Morgan fingerprint density at radius 3 is 3.08 bits per heavy atom. The molecule has 1 saturated heterocycles. The van der Waals surface area contributed by atoms with Crippen molar-refractivity contribution in [2.45, 2.75) is 6.42 Å². The lowest BCUT2D eigenvalue weighted by molar-refractivity contribution is -0.121. The largest absolute Gasteiger partial charge is 0.358 e. The van der Waals surface area contributed by atoms with Crippen LogP contribution in [0.4, 0.5) is 0 Å². The summed E-state index contributed by atoms with van der Waals surface area (Å²) in [5, 5.41) is 6.90. The van der Waals surface area contributed by atoms with Crippen molar-refractivity contribution in [3.8, 4) is 0 Å². The third-order valence-corrected chi connectivity index (χ3v) is 2.01. The highest BCUT2D eigenvalue weighted by molar-refractivity contribution is 5.77. The number of hydrogen-bond acceptors (Lipinski definition) is 2. The molecule has 1 radical (unpaired) electrons. The number of nitrogens with zero attached hydrogens (tertiary/aromatic N) is 2. The van der Waals surface area contributed by atoms with Crippen molar-refractivity contribution in [2.24, 2.45) is 0 Å². The Kier molecular flexibility index (Phi) is 4.04. The zero-order chi connectivity index (χ0) is 8.81. The Bertz CT molecular complexity index is 141. The molecule has 4 nitrogen and oxygen atoms in total. The predicted octanol–water partition coefficient (Wildman–Crippen LogP) is -0.957. The van der Waals surface area contributed by atoms with E-state index in [0.29, 0.717) is 6.54 Å². The molecular weight excluding hydrogens is 154 g/mol. The average Bonchev–Trinajstić information content (AvgIpc) is 2.33. The molecule has 4 heteroatoms. The van der Waals surface area contributed by atoms with E-state index in [4.69, 9.17) is 0 Å². The van der Waals surface area contributed by atoms with Crippen LogP contribution >= 0.6 is 0 Å². The zero-order valence-electron chi connectivity index (χ0n) is 7.55. The van der Waals surface area contributed by atoms with E-state index in [1.165, 1.54) is 0 Å². The quantitative estimate of drug-likeness (QED) is 0.580. The first-order chi connectivity index (χ1) is 5.83. The number of amides is 1. The van der Waals surface area contributed by atoms with Gasteiger partial charge in [0.2, 0.25) is 5.91 Å². The Balaban J connectivity index is 2.24. The second kappa shape index (κ2) is 5.11. The van der Waals surface area contributed by atoms with Gasteiger partial charge in [-0.1, -0.05) is 0 Å². The van der Waals surface area contributed by atoms with Crippen molar-refractivity contribution in [1.29, 1.82) is 0 Å². The van der Waals surface area contributed by atoms with Gasteiger partial charge in [0.1, 0.15) is 0 Å². The highest BCUT2D eigenvalue weighted by Gasteiger charge is 2.11. The van der Waals surface area contributed by atoms with Gasteiger partial charge in [0.25, 0.3) is 0 Å². The van der Waals surface area contributed by atoms with E-state index < -0.39 is 0 Å². The van der Waals surface area contributed by atoms with Crippen LogP contribution in [-0.2, 0) is 4.79 Å². The molecule has 0 aromatic heterocycles. The lowest BCUT2D eigenvalue weighted by Crippen LogP contribution is -2.37. The van der Waals surface area contributed by atoms with E-state index in [-0.39, 0.29) is 5.91 Å². The molecular formula is C8H16N3O. The molecule has 1 fully saturated rings. The number of carbonyl (C=O) groups is 1. The van der Waals surface area contributed by atoms with Crippen LogP contribution in [-0.4, -0.2) is 50.6 Å². The summed E-state index contributed by atoms with van der Waals surface area (Å²) in [6.45, 7) is 4.26. The van der Waals surface area contributed by atoms with Crippen LogP contribution < -0.4 is 10.6 Å². The first-order valence-corrected chi connectivity index (χ1v) is 4.39. The van der Waals surface area contributed by atoms with Gasteiger partial charge in [-0.25, -0.2) is 5.32 Å². The first kappa shape index (κ1) is 9.48. The van der Waals surface area contributed by atoms with Crippen LogP contribution in [0.1, 0.15) is 6.42 Å². The topological polar surface area (TPSA) is 46.4 Å². The zero-order valence-corrected chi connectivity index (χ0v) is 7.55. The highest BCUT2D eigenvalue weighted by atomic mass is 16.1. The highest BCUT2D eigenvalue weighted by Crippen LogP contribution is 1.94. The second-order valence-electron chi connectivity index (χ2n) is 2.97. The maximum Gasteiger partial charge on any atom is 0.233 e. The molecule has 0 aromatic carbocycles. The lowest BCUT2D eigenvalue weighted by Gasteiger charge is -2.17. The minimum atomic E-state index is 0.0944. The van der Waals surface area contributed by atoms with Crippen molar-refractivity contribution < 1.29 is 4.79 Å². The maximum absolute atomic E-state index is 11.0. The molecule has 0 saturated carbocycles. The van der Waals surface area contributed by atoms with Gasteiger partial charge >= 0.3 is 0 Å². The number of nitrogens with one attached hydrogen (secondary N) is 1. The van der Waals surface area contributed by atoms with Gasteiger partial charge in [-0.3, -0.25) is 9.69 Å². The SMILES string of the molecule is CNC(=O)CN1CCC[N]CC1. The molecule has 1 N–H and O–H groups in total. The van der Waals surface area contributed by atoms with Crippen LogP contribution in [0.25, 0.3) is 0 Å². The Labute approximate surface area is 73.3 Å². The van der Waals surface area contributed by atoms with E-state index in [1.807, 2.05) is 0 Å². The fourth-order valence-electron chi connectivity index (χ4n) is 1.28. The van der Waals surface area contributed by atoms with Crippen LogP contribution in [0.15, 0.2) is 0 Å². The third kappa shape index (κ3) is 3.19. The van der Waals surface area contributed by atoms with Crippen molar-refractivity contribution in [3.63, 3.8) is 0 Å². The minimum absolute atomic E-state index is 0.0944. The summed E-state index contributed by atoms with van der Waals surface area (Å²) in [5.41, 5.74) is 0. The number of carbonyl (C=O) groups excluding carboxylic acids is 1. The van der Waals surface area contributed by atoms with Gasteiger partial charge in [0, 0.05) is 26.7 Å². The Hall–Kier alpha value is -0.610. The molecule has 0 spiro atoms. The lowest BCUT2D eigenvalue weighted by atomic mass is 10.4. The molecule has 1 aliphatic heterocycles. The van der Waals surface area contributed by atoms with Crippen LogP contribution in [0.5, 0.6) is 0 Å². The van der Waals surface area contributed by atoms with Crippen molar-refractivity contribution >= 4 is 5.91 Å². The molecule has 69 valence electrons. The number of rotatable bonds is 2. The number of likely N-dealkylation sites (N-methyl/N-ethyl adjacent to an activating group) is 1. The van der Waals surface area contributed by atoms with E-state index in [0.717, 1.165) is 32.6 Å². The summed E-state index contributed by atoms with van der Waals surface area (Å²) in [4.78, 5) is 13.2. The fraction of sp³-hybridized carbons (Fsp3) is 0.875. The van der Waals surface area contributed by atoms with Gasteiger partial charge in [-0.05, 0) is 13.0 Å². The summed E-state index contributed by atoms with van der Waals surface area (Å²) < 4.78 is 0. The van der Waals surface area contributed by atoms with E-state index in [2.05, 4.69) is 15.5 Å². The third-order valence-electron chi connectivity index (χ3n) is 2.01. The van der Waals surface area contributed by atoms with Gasteiger partial charge in [0.15, 0.2) is 0 Å². The Morgan fingerprint density at radius 2 is 2.33 bits per heavy atom. The molecule has 0 bridgehead atoms. The summed E-state index contributed by atoms with van der Waals surface area (Å²) >= 11 is 0. The van der Waals surface area contributed by atoms with Crippen LogP contribution in [0, 0.1) is 0 Å². The van der Waals surface area contributed by atoms with Gasteiger partial charge in [-0.2, -0.15) is 0 Å². The van der Waals surface area contributed by atoms with Crippen molar-refractivity contribution in [2.75, 3.05) is 39.8 Å².